The Morgan fingerprint density at radius 1 is 1.13 bits per heavy atom. The summed E-state index contributed by atoms with van der Waals surface area (Å²) in [5.41, 5.74) is 4.42. The maximum Gasteiger partial charge on any atom is 0.277 e. The van der Waals surface area contributed by atoms with Crippen LogP contribution in [0.1, 0.15) is 34.3 Å². The van der Waals surface area contributed by atoms with Crippen LogP contribution < -0.4 is 15.1 Å². The van der Waals surface area contributed by atoms with E-state index in [1.165, 1.54) is 23.5 Å². The van der Waals surface area contributed by atoms with Gasteiger partial charge in [0, 0.05) is 31.5 Å². The van der Waals surface area contributed by atoms with E-state index >= 15 is 0 Å². The normalized spacial score (nSPS) is 26.2. The van der Waals surface area contributed by atoms with Crippen molar-refractivity contribution < 1.29 is 14.2 Å². The highest BCUT2D eigenvalue weighted by molar-refractivity contribution is 7.83. The van der Waals surface area contributed by atoms with Crippen LogP contribution in [0.25, 0.3) is 0 Å². The zero-order valence-corrected chi connectivity index (χ0v) is 17.8. The quantitative estimate of drug-likeness (QED) is 0.372. The second-order valence-corrected chi connectivity index (χ2v) is 9.60. The van der Waals surface area contributed by atoms with Crippen molar-refractivity contribution in [2.45, 2.75) is 36.6 Å². The van der Waals surface area contributed by atoms with E-state index in [0.717, 1.165) is 43.7 Å². The SMILES string of the molecule is O=C(NO)c1cnc(N2CC3C(C2)C3NS(=O)c2ccc3c(c2)C/C=C\CCC3)nc1. The fourth-order valence-corrected chi connectivity index (χ4v) is 5.79. The molecule has 5 rings (SSSR count). The molecule has 31 heavy (non-hydrogen) atoms. The summed E-state index contributed by atoms with van der Waals surface area (Å²) in [5.74, 6) is 0.767. The van der Waals surface area contributed by atoms with Crippen molar-refractivity contribution in [1.29, 1.82) is 0 Å². The summed E-state index contributed by atoms with van der Waals surface area (Å²) in [6.07, 6.45) is 11.5. The van der Waals surface area contributed by atoms with Gasteiger partial charge in [0.15, 0.2) is 0 Å². The number of benzene rings is 1. The highest BCUT2D eigenvalue weighted by Gasteiger charge is 2.56. The molecule has 3 atom stereocenters. The molecule has 0 bridgehead atoms. The molecule has 162 valence electrons. The summed E-state index contributed by atoms with van der Waals surface area (Å²) in [7, 11) is -1.23. The molecule has 8 nitrogen and oxygen atoms in total. The molecule has 1 aliphatic heterocycles. The number of hydrogen-bond acceptors (Lipinski definition) is 6. The molecule has 2 aliphatic carbocycles. The monoisotopic (exact) mass is 439 g/mol. The van der Waals surface area contributed by atoms with Crippen LogP contribution in [0.2, 0.25) is 0 Å². The van der Waals surface area contributed by atoms with Gasteiger partial charge in [-0.15, -0.1) is 0 Å². The van der Waals surface area contributed by atoms with E-state index < -0.39 is 16.9 Å². The number of anilines is 1. The summed E-state index contributed by atoms with van der Waals surface area (Å²) in [4.78, 5) is 22.8. The molecule has 1 aromatic heterocycles. The molecule has 1 saturated heterocycles. The summed E-state index contributed by atoms with van der Waals surface area (Å²) in [6, 6.07) is 6.46. The molecule has 3 N–H and O–H groups in total. The number of nitrogens with one attached hydrogen (secondary N) is 2. The van der Waals surface area contributed by atoms with Crippen molar-refractivity contribution in [3.8, 4) is 0 Å². The molecular formula is C22H25N5O3S. The van der Waals surface area contributed by atoms with E-state index in [1.54, 1.807) is 5.48 Å². The van der Waals surface area contributed by atoms with E-state index in [2.05, 4.69) is 43.9 Å². The standard InChI is InChI=1S/C22H25N5O3S/c28-21(25-29)16-10-23-22(24-11-16)27-12-18-19(13-27)20(18)26-31(30)17-8-7-14-5-3-1-2-4-6-15(14)9-17/h2,4,7-11,18-20,26,29H,1,3,5-6,12-13H2,(H,25,28)/b4-2-. The summed E-state index contributed by atoms with van der Waals surface area (Å²) < 4.78 is 16.2. The van der Waals surface area contributed by atoms with Crippen molar-refractivity contribution in [3.05, 3.63) is 59.4 Å². The molecule has 3 aliphatic rings. The number of piperidine rings is 1. The number of allylic oxidation sites excluding steroid dienone is 2. The number of nitrogens with zero attached hydrogens (tertiary/aromatic N) is 3. The molecule has 3 unspecified atom stereocenters. The van der Waals surface area contributed by atoms with Gasteiger partial charge in [0.1, 0.15) is 11.0 Å². The van der Waals surface area contributed by atoms with Crippen molar-refractivity contribution in [2.75, 3.05) is 18.0 Å². The van der Waals surface area contributed by atoms with E-state index in [9.17, 15) is 9.00 Å². The zero-order valence-electron chi connectivity index (χ0n) is 17.0. The predicted molar refractivity (Wildman–Crippen MR) is 116 cm³/mol. The Kier molecular flexibility index (Phi) is 5.56. The first-order valence-corrected chi connectivity index (χ1v) is 11.7. The number of aryl methyl sites for hydroxylation is 1. The van der Waals surface area contributed by atoms with Crippen molar-refractivity contribution in [3.63, 3.8) is 0 Å². The largest absolute Gasteiger partial charge is 0.340 e. The van der Waals surface area contributed by atoms with Gasteiger partial charge in [-0.05, 0) is 60.8 Å². The third-order valence-corrected chi connectivity index (χ3v) is 7.60. The minimum Gasteiger partial charge on any atom is -0.340 e. The smallest absolute Gasteiger partial charge is 0.277 e. The second-order valence-electron chi connectivity index (χ2n) is 8.36. The Labute approximate surface area is 183 Å². The van der Waals surface area contributed by atoms with Crippen molar-refractivity contribution in [2.24, 2.45) is 11.8 Å². The lowest BCUT2D eigenvalue weighted by Crippen LogP contribution is -2.33. The predicted octanol–water partition coefficient (Wildman–Crippen LogP) is 1.78. The molecule has 1 saturated carbocycles. The maximum absolute atomic E-state index is 12.9. The van der Waals surface area contributed by atoms with Gasteiger partial charge in [-0.1, -0.05) is 18.2 Å². The minimum absolute atomic E-state index is 0.206. The van der Waals surface area contributed by atoms with E-state index in [4.69, 9.17) is 5.21 Å². The number of aromatic nitrogens is 2. The van der Waals surface area contributed by atoms with Crippen molar-refractivity contribution >= 4 is 22.8 Å². The first-order valence-electron chi connectivity index (χ1n) is 10.6. The van der Waals surface area contributed by atoms with Crippen LogP contribution in [-0.4, -0.2) is 44.4 Å². The van der Waals surface area contributed by atoms with Crippen molar-refractivity contribution in [1.82, 2.24) is 20.2 Å². The number of rotatable bonds is 5. The summed E-state index contributed by atoms with van der Waals surface area (Å²) in [5, 5.41) is 8.67. The average molecular weight is 440 g/mol. The minimum atomic E-state index is -1.23. The molecular weight excluding hydrogens is 414 g/mol. The number of carbonyl (C=O) groups is 1. The van der Waals surface area contributed by atoms with E-state index in [0.29, 0.717) is 17.8 Å². The molecule has 2 fully saturated rings. The lowest BCUT2D eigenvalue weighted by Gasteiger charge is -2.20. The van der Waals surface area contributed by atoms with Crippen LogP contribution in [0, 0.1) is 11.8 Å². The molecule has 2 aromatic rings. The van der Waals surface area contributed by atoms with E-state index in [1.807, 2.05) is 6.07 Å². The van der Waals surface area contributed by atoms with Gasteiger partial charge in [-0.3, -0.25) is 10.0 Å². The fraction of sp³-hybridized carbons (Fsp3) is 0.409. The lowest BCUT2D eigenvalue weighted by atomic mass is 9.97. The Bertz CT molecular complexity index is 1030. The maximum atomic E-state index is 12.9. The molecule has 9 heteroatoms. The first-order chi connectivity index (χ1) is 15.1. The van der Waals surface area contributed by atoms with Crippen LogP contribution in [0.3, 0.4) is 0 Å². The Balaban J connectivity index is 1.18. The second kappa shape index (κ2) is 8.49. The summed E-state index contributed by atoms with van der Waals surface area (Å²) in [6.45, 7) is 1.58. The van der Waals surface area contributed by atoms with Crippen LogP contribution in [0.4, 0.5) is 5.95 Å². The van der Waals surface area contributed by atoms with Gasteiger partial charge in [0.2, 0.25) is 5.95 Å². The number of hydroxylamine groups is 1. The molecule has 2 heterocycles. The number of hydrogen-bond donors (Lipinski definition) is 3. The van der Waals surface area contributed by atoms with Gasteiger partial charge in [0.25, 0.3) is 5.91 Å². The topological polar surface area (TPSA) is 107 Å². The van der Waals surface area contributed by atoms with Gasteiger partial charge in [-0.25, -0.2) is 24.4 Å². The zero-order chi connectivity index (χ0) is 21.4. The van der Waals surface area contributed by atoms with Gasteiger partial charge in [0.05, 0.1) is 10.5 Å². The molecule has 1 amide bonds. The van der Waals surface area contributed by atoms with Gasteiger partial charge >= 0.3 is 0 Å². The average Bonchev–Trinajstić information content (AvgIpc) is 3.20. The highest BCUT2D eigenvalue weighted by Crippen LogP contribution is 2.46. The van der Waals surface area contributed by atoms with E-state index in [-0.39, 0.29) is 11.6 Å². The summed E-state index contributed by atoms with van der Waals surface area (Å²) >= 11 is 0. The first kappa shape index (κ1) is 20.3. The number of amides is 1. The number of fused-ring (bicyclic) bond motifs is 2. The fourth-order valence-electron chi connectivity index (χ4n) is 4.61. The molecule has 0 radical (unpaired) electrons. The Hall–Kier alpha value is -2.62. The van der Waals surface area contributed by atoms with Crippen LogP contribution >= 0.6 is 0 Å². The van der Waals surface area contributed by atoms with Crippen LogP contribution in [0.15, 0.2) is 47.6 Å². The van der Waals surface area contributed by atoms with Crippen LogP contribution in [0.5, 0.6) is 0 Å². The molecule has 1 aromatic carbocycles. The van der Waals surface area contributed by atoms with Gasteiger partial charge < -0.3 is 4.90 Å². The Morgan fingerprint density at radius 2 is 1.90 bits per heavy atom. The third-order valence-electron chi connectivity index (χ3n) is 6.44. The third kappa shape index (κ3) is 4.13. The van der Waals surface area contributed by atoms with Gasteiger partial charge in [-0.2, -0.15) is 0 Å². The number of carbonyl (C=O) groups excluding carboxylic acids is 1. The lowest BCUT2D eigenvalue weighted by molar-refractivity contribution is 0.0705. The van der Waals surface area contributed by atoms with Crippen LogP contribution in [-0.2, 0) is 23.8 Å². The highest BCUT2D eigenvalue weighted by atomic mass is 32.2. The molecule has 0 spiro atoms. The Morgan fingerprint density at radius 3 is 2.65 bits per heavy atom.